The third-order valence-corrected chi connectivity index (χ3v) is 2.46. The van der Waals surface area contributed by atoms with Crippen LogP contribution in [-0.4, -0.2) is 5.91 Å². The second-order valence-electron chi connectivity index (χ2n) is 2.68. The van der Waals surface area contributed by atoms with E-state index in [2.05, 4.69) is 15.9 Å². The highest BCUT2D eigenvalue weighted by Gasteiger charge is 2.35. The molecule has 2 N–H and O–H groups in total. The largest absolute Gasteiger partial charge is 0.417 e. The standard InChI is InChI=1S/C8H4BrF4NO/c9-6-4(7(14)15)1-3(10)2-5(6)8(11,12)13/h1-2H,(H2,14,15). The SMILES string of the molecule is NC(=O)c1cc(F)cc(C(F)(F)F)c1Br. The van der Waals surface area contributed by atoms with Crippen molar-refractivity contribution in [3.63, 3.8) is 0 Å². The molecular formula is C8H4BrF4NO. The van der Waals surface area contributed by atoms with Crippen LogP contribution in [0.4, 0.5) is 17.6 Å². The van der Waals surface area contributed by atoms with Gasteiger partial charge < -0.3 is 5.73 Å². The summed E-state index contributed by atoms with van der Waals surface area (Å²) in [6, 6.07) is 0.929. The quantitative estimate of drug-likeness (QED) is 0.792. The molecule has 0 atom stereocenters. The first-order valence-electron chi connectivity index (χ1n) is 3.59. The molecule has 0 heterocycles. The van der Waals surface area contributed by atoms with Crippen LogP contribution in [0.2, 0.25) is 0 Å². The number of carbonyl (C=O) groups is 1. The first-order valence-corrected chi connectivity index (χ1v) is 4.39. The highest BCUT2D eigenvalue weighted by molar-refractivity contribution is 9.10. The van der Waals surface area contributed by atoms with E-state index in [1.54, 1.807) is 0 Å². The molecule has 7 heteroatoms. The lowest BCUT2D eigenvalue weighted by molar-refractivity contribution is -0.138. The Labute approximate surface area is 90.2 Å². The maximum Gasteiger partial charge on any atom is 0.417 e. The van der Waals surface area contributed by atoms with Crippen LogP contribution in [0.3, 0.4) is 0 Å². The van der Waals surface area contributed by atoms with Crippen LogP contribution in [0.15, 0.2) is 16.6 Å². The van der Waals surface area contributed by atoms with Gasteiger partial charge in [0, 0.05) is 4.47 Å². The average molecular weight is 286 g/mol. The van der Waals surface area contributed by atoms with E-state index in [0.29, 0.717) is 6.07 Å². The normalized spacial score (nSPS) is 11.5. The van der Waals surface area contributed by atoms with Crippen molar-refractivity contribution in [1.29, 1.82) is 0 Å². The van der Waals surface area contributed by atoms with Crippen LogP contribution in [-0.2, 0) is 6.18 Å². The maximum atomic E-state index is 12.8. The van der Waals surface area contributed by atoms with Gasteiger partial charge in [-0.3, -0.25) is 4.79 Å². The Balaban J connectivity index is 3.49. The van der Waals surface area contributed by atoms with E-state index >= 15 is 0 Å². The highest BCUT2D eigenvalue weighted by Crippen LogP contribution is 2.36. The number of carbonyl (C=O) groups excluding carboxylic acids is 1. The topological polar surface area (TPSA) is 43.1 Å². The average Bonchev–Trinajstić information content (AvgIpc) is 2.06. The zero-order valence-electron chi connectivity index (χ0n) is 7.03. The molecule has 0 aliphatic heterocycles. The van der Waals surface area contributed by atoms with E-state index in [1.807, 2.05) is 0 Å². The third kappa shape index (κ3) is 2.47. The van der Waals surface area contributed by atoms with E-state index < -0.39 is 33.5 Å². The molecule has 1 aromatic rings. The van der Waals surface area contributed by atoms with Crippen molar-refractivity contribution in [2.45, 2.75) is 6.18 Å². The molecule has 0 saturated heterocycles. The van der Waals surface area contributed by atoms with Crippen molar-refractivity contribution in [2.75, 3.05) is 0 Å². The molecular weight excluding hydrogens is 282 g/mol. The Bertz CT molecular complexity index is 416. The van der Waals surface area contributed by atoms with Gasteiger partial charge in [-0.25, -0.2) is 4.39 Å². The summed E-state index contributed by atoms with van der Waals surface area (Å²) in [5.74, 6) is -2.30. The number of hydrogen-bond donors (Lipinski definition) is 1. The molecule has 0 aromatic heterocycles. The van der Waals surface area contributed by atoms with Crippen molar-refractivity contribution in [3.05, 3.63) is 33.5 Å². The predicted octanol–water partition coefficient (Wildman–Crippen LogP) is 2.71. The van der Waals surface area contributed by atoms with Gasteiger partial charge in [0.25, 0.3) is 0 Å². The molecule has 0 bridgehead atoms. The summed E-state index contributed by atoms with van der Waals surface area (Å²) in [5, 5.41) is 0. The van der Waals surface area contributed by atoms with Gasteiger partial charge in [0.2, 0.25) is 5.91 Å². The fraction of sp³-hybridized carbons (Fsp3) is 0.125. The van der Waals surface area contributed by atoms with Crippen molar-refractivity contribution in [1.82, 2.24) is 0 Å². The van der Waals surface area contributed by atoms with Crippen LogP contribution < -0.4 is 5.73 Å². The molecule has 15 heavy (non-hydrogen) atoms. The van der Waals surface area contributed by atoms with Crippen molar-refractivity contribution >= 4 is 21.8 Å². The number of primary amides is 1. The van der Waals surface area contributed by atoms with Crippen molar-refractivity contribution in [3.8, 4) is 0 Å². The molecule has 0 saturated carbocycles. The summed E-state index contributed by atoms with van der Waals surface area (Å²) in [6.45, 7) is 0. The second-order valence-corrected chi connectivity index (χ2v) is 3.47. The minimum atomic E-state index is -4.74. The van der Waals surface area contributed by atoms with E-state index in [1.165, 1.54) is 0 Å². The monoisotopic (exact) mass is 285 g/mol. The molecule has 0 unspecified atom stereocenters. The van der Waals surface area contributed by atoms with E-state index in [0.717, 1.165) is 0 Å². The molecule has 82 valence electrons. The Hall–Kier alpha value is -1.11. The van der Waals surface area contributed by atoms with E-state index in [4.69, 9.17) is 5.73 Å². The zero-order valence-corrected chi connectivity index (χ0v) is 8.62. The van der Waals surface area contributed by atoms with Gasteiger partial charge in [-0.15, -0.1) is 0 Å². The summed E-state index contributed by atoms with van der Waals surface area (Å²) in [6.07, 6.45) is -4.74. The van der Waals surface area contributed by atoms with E-state index in [9.17, 15) is 22.4 Å². The van der Waals surface area contributed by atoms with E-state index in [-0.39, 0.29) is 6.07 Å². The number of benzene rings is 1. The van der Waals surface area contributed by atoms with Crippen LogP contribution in [0.5, 0.6) is 0 Å². The highest BCUT2D eigenvalue weighted by atomic mass is 79.9. The Morgan fingerprint density at radius 1 is 1.33 bits per heavy atom. The number of amides is 1. The molecule has 0 aliphatic rings. The molecule has 1 aromatic carbocycles. The molecule has 0 radical (unpaired) electrons. The lowest BCUT2D eigenvalue weighted by Gasteiger charge is -2.11. The fourth-order valence-electron chi connectivity index (χ4n) is 0.975. The van der Waals surface area contributed by atoms with Crippen LogP contribution >= 0.6 is 15.9 Å². The van der Waals surface area contributed by atoms with Crippen LogP contribution in [0.1, 0.15) is 15.9 Å². The number of rotatable bonds is 1. The number of halogens is 5. The Kier molecular flexibility index (Phi) is 3.03. The number of nitrogens with two attached hydrogens (primary N) is 1. The Morgan fingerprint density at radius 2 is 1.87 bits per heavy atom. The number of hydrogen-bond acceptors (Lipinski definition) is 1. The fourth-order valence-corrected chi connectivity index (χ4v) is 1.62. The summed E-state index contributed by atoms with van der Waals surface area (Å²) in [5.41, 5.74) is 2.99. The van der Waals surface area contributed by atoms with Gasteiger partial charge in [0.05, 0.1) is 11.1 Å². The minimum absolute atomic E-state index is 0.288. The summed E-state index contributed by atoms with van der Waals surface area (Å²) in [7, 11) is 0. The zero-order chi connectivity index (χ0) is 11.8. The summed E-state index contributed by atoms with van der Waals surface area (Å²) < 4.78 is 49.2. The molecule has 1 amide bonds. The smallest absolute Gasteiger partial charge is 0.366 e. The van der Waals surface area contributed by atoms with Gasteiger partial charge in [0.15, 0.2) is 0 Å². The first kappa shape index (κ1) is 12.0. The lowest BCUT2D eigenvalue weighted by Crippen LogP contribution is -2.16. The van der Waals surface area contributed by atoms with Crippen molar-refractivity contribution in [2.24, 2.45) is 5.73 Å². The summed E-state index contributed by atoms with van der Waals surface area (Å²) in [4.78, 5) is 10.7. The molecule has 1 rings (SSSR count). The lowest BCUT2D eigenvalue weighted by atomic mass is 10.1. The van der Waals surface area contributed by atoms with Gasteiger partial charge in [-0.1, -0.05) is 0 Å². The van der Waals surface area contributed by atoms with Crippen LogP contribution in [0, 0.1) is 5.82 Å². The maximum absolute atomic E-state index is 12.8. The molecule has 0 fully saturated rings. The van der Waals surface area contributed by atoms with Gasteiger partial charge in [0.1, 0.15) is 5.82 Å². The second kappa shape index (κ2) is 3.80. The summed E-state index contributed by atoms with van der Waals surface area (Å²) >= 11 is 2.56. The number of alkyl halides is 3. The molecule has 2 nitrogen and oxygen atoms in total. The molecule has 0 spiro atoms. The molecule has 0 aliphatic carbocycles. The van der Waals surface area contributed by atoms with Gasteiger partial charge in [-0.05, 0) is 28.1 Å². The minimum Gasteiger partial charge on any atom is -0.366 e. The third-order valence-electron chi connectivity index (χ3n) is 1.61. The van der Waals surface area contributed by atoms with Crippen LogP contribution in [0.25, 0.3) is 0 Å². The van der Waals surface area contributed by atoms with Gasteiger partial charge >= 0.3 is 6.18 Å². The van der Waals surface area contributed by atoms with Gasteiger partial charge in [-0.2, -0.15) is 13.2 Å². The predicted molar refractivity (Wildman–Crippen MR) is 47.6 cm³/mol. The Morgan fingerprint density at radius 3 is 2.27 bits per heavy atom. The van der Waals surface area contributed by atoms with Crippen molar-refractivity contribution < 1.29 is 22.4 Å². The first-order chi connectivity index (χ1) is 6.73.